The minimum absolute atomic E-state index is 0.282. The van der Waals surface area contributed by atoms with Gasteiger partial charge in [0.05, 0.1) is 0 Å². The van der Waals surface area contributed by atoms with E-state index in [0.717, 1.165) is 49.7 Å². The maximum atomic E-state index is 12.4. The van der Waals surface area contributed by atoms with E-state index in [1.165, 1.54) is 47.7 Å². The molecule has 5 heteroatoms. The number of aromatic nitrogens is 1. The number of unbranched alkanes of at least 4 members (excludes halogenated alkanes) is 2. The number of hydrogen-bond donors (Lipinski definition) is 1. The van der Waals surface area contributed by atoms with Crippen LogP contribution >= 0.6 is 11.6 Å². The van der Waals surface area contributed by atoms with Crippen LogP contribution in [-0.4, -0.2) is 42.0 Å². The first kappa shape index (κ1) is 21.5. The molecule has 0 spiro atoms. The number of rotatable bonds is 7. The number of fused-ring (bicyclic) bond motifs is 2. The van der Waals surface area contributed by atoms with E-state index in [0.29, 0.717) is 12.3 Å². The van der Waals surface area contributed by atoms with Crippen LogP contribution in [0.3, 0.4) is 0 Å². The van der Waals surface area contributed by atoms with Crippen molar-refractivity contribution in [1.82, 2.24) is 9.88 Å². The van der Waals surface area contributed by atoms with Crippen molar-refractivity contribution in [3.63, 3.8) is 0 Å². The molecule has 2 aromatic carbocycles. The highest BCUT2D eigenvalue weighted by atomic mass is 35.5. The van der Waals surface area contributed by atoms with Gasteiger partial charge in [-0.1, -0.05) is 36.2 Å². The molecule has 2 aliphatic heterocycles. The minimum atomic E-state index is 0.282. The van der Waals surface area contributed by atoms with Gasteiger partial charge in [0.2, 0.25) is 5.91 Å². The second-order valence-electron chi connectivity index (χ2n) is 9.28. The molecule has 1 saturated heterocycles. The SMILES string of the molecule is O=C1CCc2ccccc2N1CCCCCN1CCC(c2c[nH]c3ccc(Cl)cc23)CC1. The van der Waals surface area contributed by atoms with Gasteiger partial charge in [0.15, 0.2) is 0 Å². The Kier molecular flexibility index (Phi) is 6.52. The standard InChI is InChI=1S/C27H32ClN3O/c28-22-9-10-25-23(18-22)24(19-29-25)20-12-16-30(17-13-20)14-4-1-5-15-31-26-7-3-2-6-21(26)8-11-27(31)32/h2-3,6-7,9-10,18-20,29H,1,4-5,8,11-17H2. The molecule has 0 radical (unpaired) electrons. The normalized spacial score (nSPS) is 17.8. The number of aromatic amines is 1. The zero-order valence-corrected chi connectivity index (χ0v) is 19.4. The lowest BCUT2D eigenvalue weighted by molar-refractivity contribution is -0.118. The smallest absolute Gasteiger partial charge is 0.227 e. The molecule has 3 heterocycles. The first-order valence-corrected chi connectivity index (χ1v) is 12.4. The number of likely N-dealkylation sites (tertiary alicyclic amines) is 1. The Morgan fingerprint density at radius 2 is 1.78 bits per heavy atom. The zero-order chi connectivity index (χ0) is 21.9. The van der Waals surface area contributed by atoms with Gasteiger partial charge in [-0.2, -0.15) is 0 Å². The molecule has 168 valence electrons. The Bertz CT molecular complexity index is 1080. The summed E-state index contributed by atoms with van der Waals surface area (Å²) in [5.74, 6) is 0.896. The number of amides is 1. The molecule has 32 heavy (non-hydrogen) atoms. The number of hydrogen-bond acceptors (Lipinski definition) is 2. The third-order valence-electron chi connectivity index (χ3n) is 7.25. The maximum absolute atomic E-state index is 12.4. The van der Waals surface area contributed by atoms with E-state index in [-0.39, 0.29) is 5.91 Å². The minimum Gasteiger partial charge on any atom is -0.361 e. The van der Waals surface area contributed by atoms with Crippen LogP contribution in [0.25, 0.3) is 10.9 Å². The fourth-order valence-corrected chi connectivity index (χ4v) is 5.62. The predicted octanol–water partition coefficient (Wildman–Crippen LogP) is 6.15. The van der Waals surface area contributed by atoms with Crippen LogP contribution in [0.2, 0.25) is 5.02 Å². The summed E-state index contributed by atoms with van der Waals surface area (Å²) < 4.78 is 0. The maximum Gasteiger partial charge on any atom is 0.227 e. The summed E-state index contributed by atoms with van der Waals surface area (Å²) in [7, 11) is 0. The number of para-hydroxylation sites is 1. The highest BCUT2D eigenvalue weighted by Crippen LogP contribution is 2.34. The van der Waals surface area contributed by atoms with E-state index in [1.807, 2.05) is 17.0 Å². The average Bonchev–Trinajstić information content (AvgIpc) is 3.23. The summed E-state index contributed by atoms with van der Waals surface area (Å²) in [4.78, 5) is 20.4. The number of nitrogens with one attached hydrogen (secondary N) is 1. The van der Waals surface area contributed by atoms with Crippen molar-refractivity contribution >= 4 is 34.1 Å². The number of carbonyl (C=O) groups excluding carboxylic acids is 1. The van der Waals surface area contributed by atoms with Gasteiger partial charge in [0.25, 0.3) is 0 Å². The van der Waals surface area contributed by atoms with Gasteiger partial charge in [0, 0.05) is 40.8 Å². The van der Waals surface area contributed by atoms with Crippen molar-refractivity contribution in [2.24, 2.45) is 0 Å². The molecular weight excluding hydrogens is 418 g/mol. The van der Waals surface area contributed by atoms with Crippen molar-refractivity contribution in [2.75, 3.05) is 31.1 Å². The largest absolute Gasteiger partial charge is 0.361 e. The number of aryl methyl sites for hydroxylation is 1. The predicted molar refractivity (Wildman–Crippen MR) is 133 cm³/mol. The number of nitrogens with zero attached hydrogens (tertiary/aromatic N) is 2. The molecule has 3 aromatic rings. The van der Waals surface area contributed by atoms with Crippen molar-refractivity contribution in [3.8, 4) is 0 Å². The molecule has 1 N–H and O–H groups in total. The zero-order valence-electron chi connectivity index (χ0n) is 18.7. The second kappa shape index (κ2) is 9.68. The molecule has 2 aliphatic rings. The molecule has 1 fully saturated rings. The Morgan fingerprint density at radius 1 is 0.969 bits per heavy atom. The van der Waals surface area contributed by atoms with Crippen LogP contribution in [0.15, 0.2) is 48.7 Å². The summed E-state index contributed by atoms with van der Waals surface area (Å²) >= 11 is 6.23. The number of benzene rings is 2. The van der Waals surface area contributed by atoms with Gasteiger partial charge >= 0.3 is 0 Å². The number of piperidine rings is 1. The van der Waals surface area contributed by atoms with E-state index in [2.05, 4.69) is 46.4 Å². The Labute approximate surface area is 195 Å². The summed E-state index contributed by atoms with van der Waals surface area (Å²) in [5.41, 5.74) is 5.05. The first-order valence-electron chi connectivity index (χ1n) is 12.1. The molecule has 1 amide bonds. The summed E-state index contributed by atoms with van der Waals surface area (Å²) in [5, 5.41) is 2.09. The Morgan fingerprint density at radius 3 is 2.66 bits per heavy atom. The third kappa shape index (κ3) is 4.57. The van der Waals surface area contributed by atoms with Crippen molar-refractivity contribution in [3.05, 3.63) is 64.8 Å². The van der Waals surface area contributed by atoms with Gasteiger partial charge in [-0.05, 0) is 93.0 Å². The number of carbonyl (C=O) groups is 1. The highest BCUT2D eigenvalue weighted by Gasteiger charge is 2.24. The third-order valence-corrected chi connectivity index (χ3v) is 7.49. The topological polar surface area (TPSA) is 39.3 Å². The van der Waals surface area contributed by atoms with Crippen molar-refractivity contribution in [2.45, 2.75) is 50.9 Å². The van der Waals surface area contributed by atoms with Crippen LogP contribution in [0.4, 0.5) is 5.69 Å². The van der Waals surface area contributed by atoms with Crippen LogP contribution in [0, 0.1) is 0 Å². The van der Waals surface area contributed by atoms with Crippen LogP contribution < -0.4 is 4.90 Å². The van der Waals surface area contributed by atoms with Gasteiger partial charge in [0.1, 0.15) is 0 Å². The number of anilines is 1. The van der Waals surface area contributed by atoms with E-state index in [4.69, 9.17) is 11.6 Å². The number of halogens is 1. The van der Waals surface area contributed by atoms with Gasteiger partial charge in [-0.3, -0.25) is 4.79 Å². The van der Waals surface area contributed by atoms with Crippen molar-refractivity contribution < 1.29 is 4.79 Å². The average molecular weight is 450 g/mol. The molecule has 0 aliphatic carbocycles. The quantitative estimate of drug-likeness (QED) is 0.439. The second-order valence-corrected chi connectivity index (χ2v) is 9.72. The van der Waals surface area contributed by atoms with Crippen molar-refractivity contribution in [1.29, 1.82) is 0 Å². The lowest BCUT2D eigenvalue weighted by Gasteiger charge is -2.32. The number of H-pyrrole nitrogens is 1. The fraction of sp³-hybridized carbons (Fsp3) is 0.444. The lowest BCUT2D eigenvalue weighted by Crippen LogP contribution is -2.36. The van der Waals surface area contributed by atoms with Gasteiger partial charge in [-0.15, -0.1) is 0 Å². The first-order chi connectivity index (χ1) is 15.7. The monoisotopic (exact) mass is 449 g/mol. The van der Waals surface area contributed by atoms with Crippen LogP contribution in [0.1, 0.15) is 55.6 Å². The molecule has 0 atom stereocenters. The molecule has 0 bridgehead atoms. The fourth-order valence-electron chi connectivity index (χ4n) is 5.44. The van der Waals surface area contributed by atoms with E-state index >= 15 is 0 Å². The lowest BCUT2D eigenvalue weighted by atomic mass is 9.89. The molecule has 0 saturated carbocycles. The molecule has 5 rings (SSSR count). The summed E-state index contributed by atoms with van der Waals surface area (Å²) in [6.45, 7) is 4.34. The Hall–Kier alpha value is -2.30. The van der Waals surface area contributed by atoms with E-state index < -0.39 is 0 Å². The van der Waals surface area contributed by atoms with Gasteiger partial charge < -0.3 is 14.8 Å². The molecular formula is C27H32ClN3O. The Balaban J connectivity index is 1.06. The van der Waals surface area contributed by atoms with Crippen LogP contribution in [0.5, 0.6) is 0 Å². The van der Waals surface area contributed by atoms with E-state index in [1.54, 1.807) is 0 Å². The highest BCUT2D eigenvalue weighted by molar-refractivity contribution is 6.31. The van der Waals surface area contributed by atoms with E-state index in [9.17, 15) is 4.79 Å². The van der Waals surface area contributed by atoms with Gasteiger partial charge in [-0.25, -0.2) is 0 Å². The molecule has 4 nitrogen and oxygen atoms in total. The van der Waals surface area contributed by atoms with Crippen LogP contribution in [-0.2, 0) is 11.2 Å². The summed E-state index contributed by atoms with van der Waals surface area (Å²) in [6, 6.07) is 14.5. The summed E-state index contributed by atoms with van der Waals surface area (Å²) in [6.07, 6.45) is 9.58. The molecule has 0 unspecified atom stereocenters. The molecule has 1 aromatic heterocycles.